The molecule has 23 heavy (non-hydrogen) atoms. The zero-order chi connectivity index (χ0) is 16.4. The molecule has 0 saturated carbocycles. The number of carbonyl (C=O) groups excluding carboxylic acids is 1. The Morgan fingerprint density at radius 1 is 1.22 bits per heavy atom. The molecule has 116 valence electrons. The summed E-state index contributed by atoms with van der Waals surface area (Å²) in [4.78, 5) is 17.2. The number of nitrogens with one attached hydrogen (secondary N) is 1. The molecular formula is C17H12BrClN2OS. The highest BCUT2D eigenvalue weighted by molar-refractivity contribution is 9.10. The van der Waals surface area contributed by atoms with Crippen LogP contribution in [0.2, 0.25) is 5.02 Å². The summed E-state index contributed by atoms with van der Waals surface area (Å²) in [5, 5.41) is 4.00. The highest BCUT2D eigenvalue weighted by Gasteiger charge is 2.24. The minimum Gasteiger partial charge on any atom is -0.300 e. The van der Waals surface area contributed by atoms with Crippen LogP contribution < -0.4 is 5.32 Å². The van der Waals surface area contributed by atoms with Gasteiger partial charge in [-0.3, -0.25) is 4.79 Å². The summed E-state index contributed by atoms with van der Waals surface area (Å²) in [5.74, 6) is -0.149. The summed E-state index contributed by atoms with van der Waals surface area (Å²) in [5.41, 5.74) is 2.59. The summed E-state index contributed by atoms with van der Waals surface area (Å²) < 4.78 is 0.942. The number of hydrogen-bond acceptors (Lipinski definition) is 3. The van der Waals surface area contributed by atoms with E-state index in [1.807, 2.05) is 55.5 Å². The smallest absolute Gasteiger partial charge is 0.264 e. The second-order valence-electron chi connectivity index (χ2n) is 4.89. The first-order chi connectivity index (χ1) is 11.0. The highest BCUT2D eigenvalue weighted by Crippen LogP contribution is 2.32. The summed E-state index contributed by atoms with van der Waals surface area (Å²) in [7, 11) is 0. The van der Waals surface area contributed by atoms with Crippen molar-refractivity contribution >= 4 is 62.1 Å². The molecule has 1 amide bonds. The number of amides is 1. The largest absolute Gasteiger partial charge is 0.300 e. The predicted octanol–water partition coefficient (Wildman–Crippen LogP) is 5.30. The van der Waals surface area contributed by atoms with Gasteiger partial charge in [0.1, 0.15) is 0 Å². The molecular weight excluding hydrogens is 396 g/mol. The van der Waals surface area contributed by atoms with E-state index in [0.29, 0.717) is 15.1 Å². The Morgan fingerprint density at radius 2 is 2.00 bits per heavy atom. The van der Waals surface area contributed by atoms with Crippen LogP contribution in [-0.2, 0) is 4.79 Å². The molecule has 1 heterocycles. The Bertz CT molecular complexity index is 848. The van der Waals surface area contributed by atoms with E-state index in [2.05, 4.69) is 26.2 Å². The Morgan fingerprint density at radius 3 is 2.78 bits per heavy atom. The van der Waals surface area contributed by atoms with Gasteiger partial charge in [0.15, 0.2) is 5.17 Å². The number of halogens is 2. The van der Waals surface area contributed by atoms with Crippen LogP contribution in [0.1, 0.15) is 11.1 Å². The Hall–Kier alpha value is -1.56. The third kappa shape index (κ3) is 3.68. The first-order valence-electron chi connectivity index (χ1n) is 6.84. The molecule has 3 nitrogen and oxygen atoms in total. The van der Waals surface area contributed by atoms with Gasteiger partial charge in [0.05, 0.1) is 10.6 Å². The summed E-state index contributed by atoms with van der Waals surface area (Å²) >= 11 is 10.9. The van der Waals surface area contributed by atoms with E-state index in [1.54, 1.807) is 0 Å². The van der Waals surface area contributed by atoms with Crippen molar-refractivity contribution in [2.75, 3.05) is 0 Å². The first kappa shape index (κ1) is 16.3. The van der Waals surface area contributed by atoms with Crippen LogP contribution in [0.25, 0.3) is 6.08 Å². The van der Waals surface area contributed by atoms with Crippen LogP contribution in [0.4, 0.5) is 5.69 Å². The minimum atomic E-state index is -0.149. The summed E-state index contributed by atoms with van der Waals surface area (Å²) in [6.45, 7) is 1.90. The Kier molecular flexibility index (Phi) is 4.90. The van der Waals surface area contributed by atoms with Crippen molar-refractivity contribution in [3.05, 3.63) is 68.0 Å². The molecule has 0 atom stereocenters. The van der Waals surface area contributed by atoms with Gasteiger partial charge in [-0.05, 0) is 54.1 Å². The van der Waals surface area contributed by atoms with Gasteiger partial charge in [0.25, 0.3) is 5.91 Å². The van der Waals surface area contributed by atoms with Gasteiger partial charge in [-0.1, -0.05) is 51.8 Å². The molecule has 1 N–H and O–H groups in total. The van der Waals surface area contributed by atoms with Crippen LogP contribution in [0, 0.1) is 6.92 Å². The molecule has 2 aromatic rings. The molecule has 2 aromatic carbocycles. The average Bonchev–Trinajstić information content (AvgIpc) is 2.86. The zero-order valence-electron chi connectivity index (χ0n) is 12.1. The number of carbonyl (C=O) groups is 1. The summed E-state index contributed by atoms with van der Waals surface area (Å²) in [6, 6.07) is 13.3. The number of hydrogen-bond donors (Lipinski definition) is 1. The van der Waals surface area contributed by atoms with Crippen molar-refractivity contribution in [2.45, 2.75) is 6.92 Å². The molecule has 0 spiro atoms. The topological polar surface area (TPSA) is 41.5 Å². The molecule has 0 aliphatic carbocycles. The van der Waals surface area contributed by atoms with Gasteiger partial charge in [-0.25, -0.2) is 4.99 Å². The third-order valence-corrected chi connectivity index (χ3v) is 5.35. The molecule has 1 saturated heterocycles. The van der Waals surface area contributed by atoms with Crippen molar-refractivity contribution in [3.8, 4) is 0 Å². The number of benzene rings is 2. The van der Waals surface area contributed by atoms with Crippen LogP contribution >= 0.6 is 39.3 Å². The lowest BCUT2D eigenvalue weighted by Crippen LogP contribution is -2.19. The summed E-state index contributed by atoms with van der Waals surface area (Å²) in [6.07, 6.45) is 1.84. The monoisotopic (exact) mass is 406 g/mol. The number of amidine groups is 1. The van der Waals surface area contributed by atoms with Crippen molar-refractivity contribution in [2.24, 2.45) is 4.99 Å². The van der Waals surface area contributed by atoms with Crippen LogP contribution in [0.15, 0.2) is 56.8 Å². The normalized spacial score (nSPS) is 17.8. The standard InChI is InChI=1S/C17H12BrClN2OS/c1-10-13(19)7-4-8-14(10)20-17-21-16(22)15(23-17)9-11-5-2-3-6-12(11)18/h2-9H,1H3,(H,20,21,22)/b15-9+. The maximum absolute atomic E-state index is 12.1. The molecule has 0 unspecified atom stereocenters. The quantitative estimate of drug-likeness (QED) is 0.686. The van der Waals surface area contributed by atoms with Crippen LogP contribution in [-0.4, -0.2) is 11.1 Å². The average molecular weight is 408 g/mol. The van der Waals surface area contributed by atoms with Crippen molar-refractivity contribution in [3.63, 3.8) is 0 Å². The maximum Gasteiger partial charge on any atom is 0.264 e. The molecule has 1 aliphatic rings. The lowest BCUT2D eigenvalue weighted by Gasteiger charge is -2.02. The highest BCUT2D eigenvalue weighted by atomic mass is 79.9. The lowest BCUT2D eigenvalue weighted by molar-refractivity contribution is -0.115. The predicted molar refractivity (Wildman–Crippen MR) is 101 cm³/mol. The molecule has 3 rings (SSSR count). The van der Waals surface area contributed by atoms with Gasteiger partial charge >= 0.3 is 0 Å². The fraction of sp³-hybridized carbons (Fsp3) is 0.0588. The second-order valence-corrected chi connectivity index (χ2v) is 7.18. The maximum atomic E-state index is 12.1. The Labute approximate surface area is 152 Å². The van der Waals surface area contributed by atoms with Crippen LogP contribution in [0.5, 0.6) is 0 Å². The van der Waals surface area contributed by atoms with Crippen molar-refractivity contribution in [1.29, 1.82) is 0 Å². The van der Waals surface area contributed by atoms with Crippen molar-refractivity contribution < 1.29 is 4.79 Å². The lowest BCUT2D eigenvalue weighted by atomic mass is 10.2. The van der Waals surface area contributed by atoms with Gasteiger partial charge in [-0.15, -0.1) is 0 Å². The fourth-order valence-corrected chi connectivity index (χ4v) is 3.43. The Balaban J connectivity index is 1.89. The SMILES string of the molecule is Cc1c(Cl)cccc1N=C1NC(=O)/C(=C\c2ccccc2Br)S1. The minimum absolute atomic E-state index is 0.149. The second kappa shape index (κ2) is 6.91. The van der Waals surface area contributed by atoms with Gasteiger partial charge in [0.2, 0.25) is 0 Å². The number of nitrogens with zero attached hydrogens (tertiary/aromatic N) is 1. The van der Waals surface area contributed by atoms with E-state index in [1.165, 1.54) is 11.8 Å². The fourth-order valence-electron chi connectivity index (χ4n) is 2.04. The van der Waals surface area contributed by atoms with Crippen molar-refractivity contribution in [1.82, 2.24) is 5.32 Å². The van der Waals surface area contributed by atoms with Crippen LogP contribution in [0.3, 0.4) is 0 Å². The van der Waals surface area contributed by atoms with Gasteiger partial charge in [0, 0.05) is 9.50 Å². The molecule has 0 aromatic heterocycles. The molecule has 0 bridgehead atoms. The number of aliphatic imine (C=N–C) groups is 1. The zero-order valence-corrected chi connectivity index (χ0v) is 15.3. The van der Waals surface area contributed by atoms with E-state index in [9.17, 15) is 4.79 Å². The van der Waals surface area contributed by atoms with E-state index in [0.717, 1.165) is 21.3 Å². The number of rotatable bonds is 2. The van der Waals surface area contributed by atoms with E-state index < -0.39 is 0 Å². The van der Waals surface area contributed by atoms with Gasteiger partial charge in [-0.2, -0.15) is 0 Å². The molecule has 0 radical (unpaired) electrons. The first-order valence-corrected chi connectivity index (χ1v) is 8.82. The van der Waals surface area contributed by atoms with E-state index >= 15 is 0 Å². The third-order valence-electron chi connectivity index (χ3n) is 3.30. The van der Waals surface area contributed by atoms with Gasteiger partial charge < -0.3 is 5.32 Å². The number of thioether (sulfide) groups is 1. The van der Waals surface area contributed by atoms with E-state index in [4.69, 9.17) is 11.6 Å². The molecule has 1 aliphatic heterocycles. The molecule has 6 heteroatoms. The van der Waals surface area contributed by atoms with E-state index in [-0.39, 0.29) is 5.91 Å². The molecule has 1 fully saturated rings.